The van der Waals surface area contributed by atoms with Gasteiger partial charge in [0.05, 0.1) is 28.8 Å². The number of rotatable bonds is 11. The van der Waals surface area contributed by atoms with Crippen molar-refractivity contribution >= 4 is 17.5 Å². The van der Waals surface area contributed by atoms with E-state index in [1.54, 1.807) is 24.3 Å². The van der Waals surface area contributed by atoms with Crippen LogP contribution in [0.2, 0.25) is 5.02 Å². The van der Waals surface area contributed by atoms with Crippen LogP contribution >= 0.6 is 11.6 Å². The largest absolute Gasteiger partial charge is 0.460 e. The molecule has 0 aliphatic rings. The molecule has 206 valence electrons. The van der Waals surface area contributed by atoms with Crippen molar-refractivity contribution in [3.8, 4) is 17.4 Å². The van der Waals surface area contributed by atoms with Gasteiger partial charge in [-0.15, -0.1) is 0 Å². The second kappa shape index (κ2) is 13.5. The van der Waals surface area contributed by atoms with Crippen molar-refractivity contribution in [3.63, 3.8) is 0 Å². The van der Waals surface area contributed by atoms with Crippen molar-refractivity contribution in [1.82, 2.24) is 15.5 Å². The van der Waals surface area contributed by atoms with E-state index >= 15 is 0 Å². The fraction of sp³-hybridized carbons (Fsp3) is 0.273. The number of carbonyl (C=O) groups excluding carboxylic acids is 1. The minimum absolute atomic E-state index is 0.146. The molecule has 1 aromatic heterocycles. The number of nitrogens with zero attached hydrogens (tertiary/aromatic N) is 2. The number of hydrogen-bond donors (Lipinski definition) is 2. The van der Waals surface area contributed by atoms with E-state index in [-0.39, 0.29) is 18.0 Å². The Morgan fingerprint density at radius 3 is 2.42 bits per heavy atom. The van der Waals surface area contributed by atoms with Gasteiger partial charge in [-0.25, -0.2) is 0 Å². The monoisotopic (exact) mass is 554 g/mol. The van der Waals surface area contributed by atoms with Crippen molar-refractivity contribution in [2.24, 2.45) is 0 Å². The highest BCUT2D eigenvalue weighted by Gasteiger charge is 2.19. The Balaban J connectivity index is 1.44. The van der Waals surface area contributed by atoms with Crippen molar-refractivity contribution in [1.29, 1.82) is 5.26 Å². The molecule has 4 aromatic rings. The Kier molecular flexibility index (Phi) is 9.79. The van der Waals surface area contributed by atoms with Crippen LogP contribution in [0.4, 0.5) is 0 Å². The molecule has 7 heteroatoms. The highest BCUT2D eigenvalue weighted by atomic mass is 35.5. The fourth-order valence-corrected chi connectivity index (χ4v) is 4.78. The number of furan rings is 1. The van der Waals surface area contributed by atoms with Crippen molar-refractivity contribution in [2.75, 3.05) is 20.6 Å². The number of nitrogens with one attached hydrogen (secondary N) is 2. The molecule has 6 nitrogen and oxygen atoms in total. The van der Waals surface area contributed by atoms with Gasteiger partial charge in [-0.05, 0) is 88.0 Å². The molecule has 2 unspecified atom stereocenters. The lowest BCUT2D eigenvalue weighted by Gasteiger charge is -2.23. The maximum absolute atomic E-state index is 13.4. The van der Waals surface area contributed by atoms with Gasteiger partial charge in [-0.3, -0.25) is 4.79 Å². The average Bonchev–Trinajstić information content (AvgIpc) is 3.41. The molecule has 1 heterocycles. The molecule has 0 fully saturated rings. The molecule has 1 amide bonds. The molecule has 3 aromatic carbocycles. The molecule has 40 heavy (non-hydrogen) atoms. The lowest BCUT2D eigenvalue weighted by Crippen LogP contribution is -2.43. The summed E-state index contributed by atoms with van der Waals surface area (Å²) in [6, 6.07) is 27.3. The quantitative estimate of drug-likeness (QED) is 0.220. The number of halogens is 1. The van der Waals surface area contributed by atoms with Crippen molar-refractivity contribution in [2.45, 2.75) is 38.9 Å². The normalized spacial score (nSPS) is 12.6. The van der Waals surface area contributed by atoms with E-state index < -0.39 is 0 Å². The molecule has 2 N–H and O–H groups in total. The summed E-state index contributed by atoms with van der Waals surface area (Å²) < 4.78 is 6.11. The van der Waals surface area contributed by atoms with Crippen LogP contribution in [0.5, 0.6) is 0 Å². The maximum atomic E-state index is 13.4. The van der Waals surface area contributed by atoms with Crippen LogP contribution in [0.25, 0.3) is 11.3 Å². The highest BCUT2D eigenvalue weighted by molar-refractivity contribution is 6.34. The standard InChI is InChI=1S/C33H35ClN4O2/c1-22-5-11-26(12-6-22)23(2)36-20-29-14-16-32(40-29)27-13-15-31(34)30(18-27)33(39)37-28(21-38(3)4)17-24-7-9-25(19-35)10-8-24/h5-16,18,23,28,36H,17,20-21H2,1-4H3,(H,37,39). The Morgan fingerprint density at radius 2 is 1.75 bits per heavy atom. The fourth-order valence-electron chi connectivity index (χ4n) is 4.57. The van der Waals surface area contributed by atoms with Gasteiger partial charge in [0.2, 0.25) is 0 Å². The van der Waals surface area contributed by atoms with E-state index in [1.807, 2.05) is 49.3 Å². The van der Waals surface area contributed by atoms with Crippen LogP contribution in [-0.4, -0.2) is 37.5 Å². The molecule has 0 spiro atoms. The summed E-state index contributed by atoms with van der Waals surface area (Å²) in [7, 11) is 3.94. The van der Waals surface area contributed by atoms with E-state index in [1.165, 1.54) is 11.1 Å². The van der Waals surface area contributed by atoms with Gasteiger partial charge in [-0.2, -0.15) is 5.26 Å². The molecular weight excluding hydrogens is 520 g/mol. The number of benzene rings is 3. The molecule has 0 saturated carbocycles. The van der Waals surface area contributed by atoms with E-state index in [9.17, 15) is 4.79 Å². The van der Waals surface area contributed by atoms with Crippen LogP contribution in [-0.2, 0) is 13.0 Å². The van der Waals surface area contributed by atoms with Crippen LogP contribution in [0.1, 0.15) is 51.3 Å². The first-order valence-corrected chi connectivity index (χ1v) is 13.7. The van der Waals surface area contributed by atoms with Crippen LogP contribution in [0.3, 0.4) is 0 Å². The van der Waals surface area contributed by atoms with Crippen molar-refractivity contribution in [3.05, 3.63) is 117 Å². The second-order valence-corrected chi connectivity index (χ2v) is 10.8. The number of carbonyl (C=O) groups is 1. The van der Waals surface area contributed by atoms with E-state index in [0.29, 0.717) is 41.4 Å². The second-order valence-electron chi connectivity index (χ2n) is 10.4. The Bertz CT molecular complexity index is 1470. The van der Waals surface area contributed by atoms with E-state index in [0.717, 1.165) is 16.9 Å². The lowest BCUT2D eigenvalue weighted by atomic mass is 10.0. The summed E-state index contributed by atoms with van der Waals surface area (Å²) in [5.41, 5.74) is 5.28. The minimum atomic E-state index is -0.243. The number of aryl methyl sites for hydroxylation is 1. The summed E-state index contributed by atoms with van der Waals surface area (Å²) in [6.45, 7) is 5.44. The summed E-state index contributed by atoms with van der Waals surface area (Å²) in [5.74, 6) is 1.24. The molecular formula is C33H35ClN4O2. The molecule has 2 atom stereocenters. The van der Waals surface area contributed by atoms with Gasteiger partial charge >= 0.3 is 0 Å². The Labute approximate surface area is 241 Å². The Morgan fingerprint density at radius 1 is 1.02 bits per heavy atom. The first-order valence-electron chi connectivity index (χ1n) is 13.3. The summed E-state index contributed by atoms with van der Waals surface area (Å²) >= 11 is 6.48. The molecule has 0 aliphatic heterocycles. The lowest BCUT2D eigenvalue weighted by molar-refractivity contribution is 0.0930. The summed E-state index contributed by atoms with van der Waals surface area (Å²) in [5, 5.41) is 16.1. The summed E-state index contributed by atoms with van der Waals surface area (Å²) in [4.78, 5) is 15.4. The number of amides is 1. The number of hydrogen-bond acceptors (Lipinski definition) is 5. The molecule has 4 rings (SSSR count). The smallest absolute Gasteiger partial charge is 0.253 e. The molecule has 0 bridgehead atoms. The number of nitriles is 1. The van der Waals surface area contributed by atoms with Crippen LogP contribution in [0, 0.1) is 18.3 Å². The van der Waals surface area contributed by atoms with Crippen molar-refractivity contribution < 1.29 is 9.21 Å². The zero-order chi connectivity index (χ0) is 28.6. The molecule has 0 aliphatic carbocycles. The van der Waals surface area contributed by atoms with Crippen LogP contribution < -0.4 is 10.6 Å². The predicted octanol–water partition coefficient (Wildman–Crippen LogP) is 6.53. The van der Waals surface area contributed by atoms with Gasteiger partial charge in [0.1, 0.15) is 11.5 Å². The molecule has 0 saturated heterocycles. The maximum Gasteiger partial charge on any atom is 0.253 e. The summed E-state index contributed by atoms with van der Waals surface area (Å²) in [6.07, 6.45) is 0.627. The first-order chi connectivity index (χ1) is 19.2. The third-order valence-corrected chi connectivity index (χ3v) is 7.13. The van der Waals surface area contributed by atoms with Gasteiger partial charge in [0.15, 0.2) is 0 Å². The van der Waals surface area contributed by atoms with Gasteiger partial charge in [0, 0.05) is 24.2 Å². The number of likely N-dealkylation sites (N-methyl/N-ethyl adjacent to an activating group) is 1. The topological polar surface area (TPSA) is 81.3 Å². The third-order valence-electron chi connectivity index (χ3n) is 6.80. The van der Waals surface area contributed by atoms with Gasteiger partial charge in [0.25, 0.3) is 5.91 Å². The van der Waals surface area contributed by atoms with Gasteiger partial charge in [-0.1, -0.05) is 53.6 Å². The van der Waals surface area contributed by atoms with E-state index in [2.05, 4.69) is 54.8 Å². The average molecular weight is 555 g/mol. The zero-order valence-corrected chi connectivity index (χ0v) is 24.1. The predicted molar refractivity (Wildman–Crippen MR) is 160 cm³/mol. The Hall–Kier alpha value is -3.89. The highest BCUT2D eigenvalue weighted by Crippen LogP contribution is 2.27. The van der Waals surface area contributed by atoms with Gasteiger partial charge < -0.3 is 20.0 Å². The first kappa shape index (κ1) is 29.1. The zero-order valence-electron chi connectivity index (χ0n) is 23.4. The van der Waals surface area contributed by atoms with Crippen LogP contribution in [0.15, 0.2) is 83.3 Å². The minimum Gasteiger partial charge on any atom is -0.460 e. The third kappa shape index (κ3) is 7.83. The molecule has 0 radical (unpaired) electrons. The van der Waals surface area contributed by atoms with E-state index in [4.69, 9.17) is 21.3 Å². The SMILES string of the molecule is Cc1ccc(C(C)NCc2ccc(-c3ccc(Cl)c(C(=O)NC(Cc4ccc(C#N)cc4)CN(C)C)c3)o2)cc1.